The molecule has 2 amide bonds. The summed E-state index contributed by atoms with van der Waals surface area (Å²) in [6.45, 7) is 4.91. The van der Waals surface area contributed by atoms with Gasteiger partial charge in [-0.15, -0.1) is 0 Å². The first kappa shape index (κ1) is 28.1. The zero-order chi connectivity index (χ0) is 27.2. The third-order valence-electron chi connectivity index (χ3n) is 5.77. The highest BCUT2D eigenvalue weighted by molar-refractivity contribution is 7.92. The zero-order valence-electron chi connectivity index (χ0n) is 20.8. The number of amides is 2. The Balaban J connectivity index is 2.02. The van der Waals surface area contributed by atoms with Gasteiger partial charge in [0.1, 0.15) is 18.4 Å². The monoisotopic (exact) mass is 545 g/mol. The lowest BCUT2D eigenvalue weighted by Crippen LogP contribution is -2.51. The molecule has 3 aromatic carbocycles. The second-order valence-electron chi connectivity index (χ2n) is 8.52. The van der Waals surface area contributed by atoms with Gasteiger partial charge in [-0.05, 0) is 68.8 Å². The van der Waals surface area contributed by atoms with Gasteiger partial charge in [-0.2, -0.15) is 0 Å². The minimum absolute atomic E-state index is 0.00716. The number of nitrogens with zero attached hydrogens (tertiary/aromatic N) is 2. The quantitative estimate of drug-likeness (QED) is 0.405. The first-order chi connectivity index (χ1) is 17.5. The van der Waals surface area contributed by atoms with Crippen molar-refractivity contribution in [1.82, 2.24) is 10.2 Å². The molecule has 0 heterocycles. The van der Waals surface area contributed by atoms with Crippen LogP contribution < -0.4 is 9.62 Å². The second-order valence-corrected chi connectivity index (χ2v) is 10.8. The maximum atomic E-state index is 13.7. The van der Waals surface area contributed by atoms with Crippen LogP contribution in [0.25, 0.3) is 0 Å². The summed E-state index contributed by atoms with van der Waals surface area (Å²) in [7, 11) is -4.17. The molecule has 7 nitrogen and oxygen atoms in total. The predicted molar refractivity (Wildman–Crippen MR) is 142 cm³/mol. The summed E-state index contributed by atoms with van der Waals surface area (Å²) >= 11 is 6.15. The lowest BCUT2D eigenvalue weighted by molar-refractivity contribution is -0.139. The van der Waals surface area contributed by atoms with E-state index in [1.807, 2.05) is 6.92 Å². The van der Waals surface area contributed by atoms with Crippen molar-refractivity contribution < 1.29 is 22.4 Å². The molecule has 0 aliphatic rings. The lowest BCUT2D eigenvalue weighted by atomic mass is 10.1. The molecule has 0 aliphatic heterocycles. The summed E-state index contributed by atoms with van der Waals surface area (Å²) in [5.41, 5.74) is 1.67. The molecular weight excluding hydrogens is 517 g/mol. The van der Waals surface area contributed by atoms with Gasteiger partial charge in [0, 0.05) is 18.1 Å². The second kappa shape index (κ2) is 12.2. The van der Waals surface area contributed by atoms with Gasteiger partial charge in [0.2, 0.25) is 11.8 Å². The Bertz CT molecular complexity index is 1350. The van der Waals surface area contributed by atoms with E-state index in [2.05, 4.69) is 5.32 Å². The maximum absolute atomic E-state index is 13.7. The molecule has 0 spiro atoms. The van der Waals surface area contributed by atoms with E-state index in [9.17, 15) is 22.4 Å². The Morgan fingerprint density at radius 1 is 1.03 bits per heavy atom. The average molecular weight is 546 g/mol. The first-order valence-corrected chi connectivity index (χ1v) is 13.5. The van der Waals surface area contributed by atoms with Crippen molar-refractivity contribution in [2.45, 2.75) is 38.3 Å². The number of aryl methyl sites for hydroxylation is 1. The molecule has 0 radical (unpaired) electrons. The maximum Gasteiger partial charge on any atom is 0.264 e. The lowest BCUT2D eigenvalue weighted by Gasteiger charge is -2.32. The number of halogens is 2. The molecule has 37 heavy (non-hydrogen) atoms. The molecule has 0 unspecified atom stereocenters. The molecule has 3 aromatic rings. The molecule has 0 bridgehead atoms. The zero-order valence-corrected chi connectivity index (χ0v) is 22.4. The van der Waals surface area contributed by atoms with Gasteiger partial charge in [-0.1, -0.05) is 47.5 Å². The summed E-state index contributed by atoms with van der Waals surface area (Å²) in [6.07, 6.45) is 0. The van der Waals surface area contributed by atoms with Gasteiger partial charge in [0.05, 0.1) is 10.6 Å². The van der Waals surface area contributed by atoms with Crippen LogP contribution in [0.3, 0.4) is 0 Å². The SMILES string of the molecule is CCNC(=O)[C@H](C)N(Cc1ccc(F)cc1)C(=O)CN(c1cccc(Cl)c1)S(=O)(=O)c1ccc(C)cc1. The molecule has 0 aliphatic carbocycles. The largest absolute Gasteiger partial charge is 0.355 e. The van der Waals surface area contributed by atoms with Gasteiger partial charge < -0.3 is 10.2 Å². The van der Waals surface area contributed by atoms with E-state index in [0.29, 0.717) is 17.1 Å². The molecule has 10 heteroatoms. The van der Waals surface area contributed by atoms with Crippen LogP contribution in [0.15, 0.2) is 77.7 Å². The van der Waals surface area contributed by atoms with Crippen LogP contribution in [0.2, 0.25) is 5.02 Å². The van der Waals surface area contributed by atoms with Gasteiger partial charge in [0.15, 0.2) is 0 Å². The number of hydrogen-bond acceptors (Lipinski definition) is 4. The fourth-order valence-corrected chi connectivity index (χ4v) is 5.28. The normalized spacial score (nSPS) is 12.0. The molecule has 0 aromatic heterocycles. The van der Waals surface area contributed by atoms with Gasteiger partial charge in [-0.25, -0.2) is 12.8 Å². The number of carbonyl (C=O) groups excluding carboxylic acids is 2. The van der Waals surface area contributed by atoms with E-state index in [-0.39, 0.29) is 17.1 Å². The Kier molecular flexibility index (Phi) is 9.29. The highest BCUT2D eigenvalue weighted by atomic mass is 35.5. The van der Waals surface area contributed by atoms with Crippen molar-refractivity contribution in [2.75, 3.05) is 17.4 Å². The van der Waals surface area contributed by atoms with E-state index < -0.39 is 40.2 Å². The number of carbonyl (C=O) groups is 2. The van der Waals surface area contributed by atoms with Crippen LogP contribution in [0.4, 0.5) is 10.1 Å². The number of sulfonamides is 1. The fraction of sp³-hybridized carbons (Fsp3) is 0.259. The summed E-state index contributed by atoms with van der Waals surface area (Å²) in [5, 5.41) is 2.99. The molecule has 1 atom stereocenters. The van der Waals surface area contributed by atoms with Crippen LogP contribution in [-0.4, -0.2) is 44.3 Å². The smallest absolute Gasteiger partial charge is 0.264 e. The minimum atomic E-state index is -4.17. The fourth-order valence-electron chi connectivity index (χ4n) is 3.69. The summed E-state index contributed by atoms with van der Waals surface area (Å²) in [5.74, 6) is -1.44. The third-order valence-corrected chi connectivity index (χ3v) is 7.79. The van der Waals surface area contributed by atoms with E-state index >= 15 is 0 Å². The first-order valence-electron chi connectivity index (χ1n) is 11.7. The summed E-state index contributed by atoms with van der Waals surface area (Å²) in [4.78, 5) is 27.7. The van der Waals surface area contributed by atoms with Gasteiger partial charge in [-0.3, -0.25) is 13.9 Å². The third kappa shape index (κ3) is 7.08. The van der Waals surface area contributed by atoms with Crippen molar-refractivity contribution >= 4 is 39.1 Å². The Hall–Kier alpha value is -3.43. The van der Waals surface area contributed by atoms with E-state index in [0.717, 1.165) is 9.87 Å². The number of anilines is 1. The van der Waals surface area contributed by atoms with Gasteiger partial charge in [0.25, 0.3) is 10.0 Å². The minimum Gasteiger partial charge on any atom is -0.355 e. The van der Waals surface area contributed by atoms with Crippen molar-refractivity contribution in [3.05, 3.63) is 94.8 Å². The molecule has 3 rings (SSSR count). The van der Waals surface area contributed by atoms with E-state index in [1.165, 1.54) is 47.4 Å². The van der Waals surface area contributed by atoms with E-state index in [4.69, 9.17) is 11.6 Å². The highest BCUT2D eigenvalue weighted by Crippen LogP contribution is 2.27. The molecule has 0 fully saturated rings. The topological polar surface area (TPSA) is 86.8 Å². The highest BCUT2D eigenvalue weighted by Gasteiger charge is 2.32. The number of rotatable bonds is 10. The van der Waals surface area contributed by atoms with Crippen molar-refractivity contribution in [3.63, 3.8) is 0 Å². The number of nitrogens with one attached hydrogen (secondary N) is 1. The Labute approximate surface area is 221 Å². The summed E-state index contributed by atoms with van der Waals surface area (Å²) < 4.78 is 41.8. The number of hydrogen-bond donors (Lipinski definition) is 1. The Morgan fingerprint density at radius 2 is 1.68 bits per heavy atom. The van der Waals surface area contributed by atoms with Crippen LogP contribution in [0.1, 0.15) is 25.0 Å². The van der Waals surface area contributed by atoms with Crippen molar-refractivity contribution in [1.29, 1.82) is 0 Å². The number of likely N-dealkylation sites (N-methyl/N-ethyl adjacent to an activating group) is 1. The van der Waals surface area contributed by atoms with Crippen LogP contribution in [0.5, 0.6) is 0 Å². The van der Waals surface area contributed by atoms with E-state index in [1.54, 1.807) is 44.2 Å². The molecule has 0 saturated heterocycles. The van der Waals surface area contributed by atoms with Crippen LogP contribution in [0, 0.1) is 12.7 Å². The van der Waals surface area contributed by atoms with Gasteiger partial charge >= 0.3 is 0 Å². The average Bonchev–Trinajstić information content (AvgIpc) is 2.86. The Morgan fingerprint density at radius 3 is 2.27 bits per heavy atom. The van der Waals surface area contributed by atoms with Crippen LogP contribution in [-0.2, 0) is 26.2 Å². The standard InChI is InChI=1S/C27H29ClFN3O4S/c1-4-30-27(34)20(3)31(17-21-10-12-23(29)13-11-21)26(33)18-32(24-7-5-6-22(28)16-24)37(35,36)25-14-8-19(2)9-15-25/h5-16,20H,4,17-18H2,1-3H3,(H,30,34)/t20-/m0/s1. The van der Waals surface area contributed by atoms with Crippen molar-refractivity contribution in [2.24, 2.45) is 0 Å². The molecular formula is C27H29ClFN3O4S. The molecule has 196 valence electrons. The van der Waals surface area contributed by atoms with Crippen LogP contribution >= 0.6 is 11.6 Å². The predicted octanol–water partition coefficient (Wildman–Crippen LogP) is 4.54. The molecule has 1 N–H and O–H groups in total. The molecule has 0 saturated carbocycles. The number of benzene rings is 3. The summed E-state index contributed by atoms with van der Waals surface area (Å²) in [6, 6.07) is 17.1. The van der Waals surface area contributed by atoms with Crippen molar-refractivity contribution in [3.8, 4) is 0 Å².